The number of nitrogens with zero attached hydrogens (tertiary/aromatic N) is 6. The number of ketones is 1. The van der Waals surface area contributed by atoms with E-state index in [9.17, 15) is 14.4 Å². The van der Waals surface area contributed by atoms with Crippen LogP contribution < -0.4 is 15.8 Å². The number of aliphatic carboxylic acids is 1. The smallest absolute Gasteiger partial charge is 0.317 e. The molecule has 0 unspecified atom stereocenters. The van der Waals surface area contributed by atoms with Crippen molar-refractivity contribution in [2.24, 2.45) is 0 Å². The van der Waals surface area contributed by atoms with Crippen molar-refractivity contribution in [3.05, 3.63) is 46.0 Å². The minimum Gasteiger partial charge on any atom is -0.480 e. The fraction of sp³-hybridized carbons (Fsp3) is 0.462. The summed E-state index contributed by atoms with van der Waals surface area (Å²) in [6, 6.07) is 3.83. The minimum atomic E-state index is -0.809. The van der Waals surface area contributed by atoms with Crippen molar-refractivity contribution in [2.45, 2.75) is 45.6 Å². The van der Waals surface area contributed by atoms with E-state index in [2.05, 4.69) is 20.2 Å². The standard InChI is InChI=1S/C26H31N7O4/c1-16-20-14-28-26(30-24(20)33(18-5-3-4-6-18)25(37)23(16)17(2)34)29-21-8-7-19(13-27-21)32-11-9-31(10-12-32)15-22(35)36/h7-8,13-14,18H,3-6,9-12,15H2,1-2H3,(H,35,36)(H,27,28,29,30). The number of carbonyl (C=O) groups is 2. The second-order valence-electron chi connectivity index (χ2n) is 9.78. The summed E-state index contributed by atoms with van der Waals surface area (Å²) in [5.74, 6) is -0.155. The highest BCUT2D eigenvalue weighted by Crippen LogP contribution is 2.32. The monoisotopic (exact) mass is 505 g/mol. The van der Waals surface area contributed by atoms with Crippen molar-refractivity contribution >= 4 is 40.2 Å². The molecule has 2 N–H and O–H groups in total. The van der Waals surface area contributed by atoms with E-state index >= 15 is 0 Å². The number of carboxylic acids is 1. The number of Topliss-reactive ketones (excluding diaryl/α,β-unsaturated/α-hetero) is 1. The first-order chi connectivity index (χ1) is 17.8. The Bertz CT molecular complexity index is 1390. The van der Waals surface area contributed by atoms with E-state index in [4.69, 9.17) is 10.1 Å². The summed E-state index contributed by atoms with van der Waals surface area (Å²) in [7, 11) is 0. The molecule has 37 heavy (non-hydrogen) atoms. The van der Waals surface area contributed by atoms with Crippen molar-refractivity contribution < 1.29 is 14.7 Å². The molecule has 0 amide bonds. The van der Waals surface area contributed by atoms with E-state index < -0.39 is 5.97 Å². The van der Waals surface area contributed by atoms with Gasteiger partial charge in [-0.1, -0.05) is 12.8 Å². The maximum atomic E-state index is 13.4. The fourth-order valence-electron chi connectivity index (χ4n) is 5.43. The van der Waals surface area contributed by atoms with Crippen LogP contribution in [0.1, 0.15) is 54.6 Å². The number of piperazine rings is 1. The van der Waals surface area contributed by atoms with Gasteiger partial charge in [0.2, 0.25) is 5.95 Å². The van der Waals surface area contributed by atoms with Crippen molar-refractivity contribution in [1.29, 1.82) is 0 Å². The van der Waals surface area contributed by atoms with Crippen molar-refractivity contribution in [3.63, 3.8) is 0 Å². The van der Waals surface area contributed by atoms with Crippen LogP contribution >= 0.6 is 0 Å². The lowest BCUT2D eigenvalue weighted by Crippen LogP contribution is -2.48. The summed E-state index contributed by atoms with van der Waals surface area (Å²) in [5, 5.41) is 12.8. The number of rotatable bonds is 7. The highest BCUT2D eigenvalue weighted by atomic mass is 16.4. The average Bonchev–Trinajstić information content (AvgIpc) is 3.39. The van der Waals surface area contributed by atoms with Crippen LogP contribution in [0.4, 0.5) is 17.5 Å². The topological polar surface area (TPSA) is 134 Å². The first-order valence-corrected chi connectivity index (χ1v) is 12.7. The normalized spacial score (nSPS) is 16.9. The molecule has 0 aromatic carbocycles. The average molecular weight is 506 g/mol. The molecule has 11 nitrogen and oxygen atoms in total. The van der Waals surface area contributed by atoms with Gasteiger partial charge in [0.25, 0.3) is 5.56 Å². The molecule has 3 aromatic rings. The minimum absolute atomic E-state index is 0.0184. The zero-order valence-corrected chi connectivity index (χ0v) is 21.1. The van der Waals surface area contributed by atoms with E-state index in [1.807, 2.05) is 17.0 Å². The molecular formula is C26H31N7O4. The van der Waals surface area contributed by atoms with E-state index in [1.165, 1.54) is 6.92 Å². The molecule has 1 aliphatic heterocycles. The summed E-state index contributed by atoms with van der Waals surface area (Å²) in [5.41, 5.74) is 2.04. The third-order valence-corrected chi connectivity index (χ3v) is 7.33. The van der Waals surface area contributed by atoms with E-state index in [0.29, 0.717) is 41.5 Å². The molecule has 0 bridgehead atoms. The number of anilines is 3. The number of nitrogens with one attached hydrogen (secondary N) is 1. The highest BCUT2D eigenvalue weighted by Gasteiger charge is 2.26. The number of aromatic nitrogens is 4. The van der Waals surface area contributed by atoms with Gasteiger partial charge in [0.05, 0.1) is 24.0 Å². The molecule has 2 fully saturated rings. The van der Waals surface area contributed by atoms with Gasteiger partial charge in [0.15, 0.2) is 5.78 Å². The lowest BCUT2D eigenvalue weighted by atomic mass is 10.0. The van der Waals surface area contributed by atoms with Gasteiger partial charge in [-0.15, -0.1) is 0 Å². The van der Waals surface area contributed by atoms with Crippen LogP contribution in [0.25, 0.3) is 11.0 Å². The Hall–Kier alpha value is -3.86. The molecule has 0 spiro atoms. The van der Waals surface area contributed by atoms with E-state index in [-0.39, 0.29) is 29.5 Å². The van der Waals surface area contributed by atoms with Crippen LogP contribution in [0, 0.1) is 6.92 Å². The van der Waals surface area contributed by atoms with Gasteiger partial charge in [-0.3, -0.25) is 23.9 Å². The quantitative estimate of drug-likeness (QED) is 0.462. The molecule has 1 aliphatic carbocycles. The SMILES string of the molecule is CC(=O)c1c(C)c2cnc(Nc3ccc(N4CCN(CC(=O)O)CC4)cn3)nc2n(C2CCCC2)c1=O. The Balaban J connectivity index is 1.39. The van der Waals surface area contributed by atoms with Crippen molar-refractivity contribution in [1.82, 2.24) is 24.4 Å². The molecule has 1 saturated heterocycles. The predicted molar refractivity (Wildman–Crippen MR) is 140 cm³/mol. The van der Waals surface area contributed by atoms with E-state index in [0.717, 1.165) is 44.5 Å². The molecule has 0 atom stereocenters. The number of aryl methyl sites for hydroxylation is 1. The number of carboxylic acid groups (broad SMARTS) is 1. The van der Waals surface area contributed by atoms with Crippen molar-refractivity contribution in [3.8, 4) is 0 Å². The van der Waals surface area contributed by atoms with Crippen LogP contribution in [-0.4, -0.2) is 74.0 Å². The number of pyridine rings is 2. The van der Waals surface area contributed by atoms with Crippen LogP contribution in [-0.2, 0) is 4.79 Å². The summed E-state index contributed by atoms with van der Waals surface area (Å²) < 4.78 is 1.69. The molecule has 11 heteroatoms. The Morgan fingerprint density at radius 1 is 1.08 bits per heavy atom. The van der Waals surface area contributed by atoms with Crippen molar-refractivity contribution in [2.75, 3.05) is 42.9 Å². The molecular weight excluding hydrogens is 474 g/mol. The van der Waals surface area contributed by atoms with Crippen LogP contribution in [0.15, 0.2) is 29.3 Å². The molecule has 1 saturated carbocycles. The first-order valence-electron chi connectivity index (χ1n) is 12.7. The molecule has 0 radical (unpaired) electrons. The Morgan fingerprint density at radius 3 is 2.43 bits per heavy atom. The second kappa shape index (κ2) is 10.3. The molecule has 194 valence electrons. The molecule has 4 heterocycles. The highest BCUT2D eigenvalue weighted by molar-refractivity contribution is 5.99. The maximum Gasteiger partial charge on any atom is 0.317 e. The van der Waals surface area contributed by atoms with Crippen LogP contribution in [0.2, 0.25) is 0 Å². The third kappa shape index (κ3) is 5.04. The number of fused-ring (bicyclic) bond motifs is 1. The Labute approximate surface area is 214 Å². The summed E-state index contributed by atoms with van der Waals surface area (Å²) >= 11 is 0. The van der Waals surface area contributed by atoms with Crippen LogP contribution in [0.3, 0.4) is 0 Å². The van der Waals surface area contributed by atoms with Gasteiger partial charge in [-0.2, -0.15) is 4.98 Å². The van der Waals surface area contributed by atoms with Gasteiger partial charge in [0, 0.05) is 43.8 Å². The van der Waals surface area contributed by atoms with Gasteiger partial charge in [-0.25, -0.2) is 9.97 Å². The summed E-state index contributed by atoms with van der Waals surface area (Å²) in [6.45, 7) is 6.10. The summed E-state index contributed by atoms with van der Waals surface area (Å²) in [4.78, 5) is 54.4. The zero-order valence-electron chi connectivity index (χ0n) is 21.1. The molecule has 5 rings (SSSR count). The predicted octanol–water partition coefficient (Wildman–Crippen LogP) is 2.76. The second-order valence-corrected chi connectivity index (χ2v) is 9.78. The number of carbonyl (C=O) groups excluding carboxylic acids is 1. The van der Waals surface area contributed by atoms with Gasteiger partial charge in [-0.05, 0) is 44.4 Å². The third-order valence-electron chi connectivity index (χ3n) is 7.33. The van der Waals surface area contributed by atoms with Gasteiger partial charge < -0.3 is 15.3 Å². The van der Waals surface area contributed by atoms with Gasteiger partial charge >= 0.3 is 5.97 Å². The fourth-order valence-corrected chi connectivity index (χ4v) is 5.43. The maximum absolute atomic E-state index is 13.4. The zero-order chi connectivity index (χ0) is 26.1. The first kappa shape index (κ1) is 24.8. The molecule has 2 aliphatic rings. The largest absolute Gasteiger partial charge is 0.480 e. The Kier molecular flexibility index (Phi) is 6.88. The molecule has 3 aromatic heterocycles. The van der Waals surface area contributed by atoms with E-state index in [1.54, 1.807) is 23.9 Å². The lowest BCUT2D eigenvalue weighted by molar-refractivity contribution is -0.138. The lowest BCUT2D eigenvalue weighted by Gasteiger charge is -2.35. The number of hydrogen-bond acceptors (Lipinski definition) is 9. The van der Waals surface area contributed by atoms with Gasteiger partial charge in [0.1, 0.15) is 11.5 Å². The van der Waals surface area contributed by atoms with Crippen LogP contribution in [0.5, 0.6) is 0 Å². The summed E-state index contributed by atoms with van der Waals surface area (Å²) in [6.07, 6.45) is 7.30. The number of hydrogen-bond donors (Lipinski definition) is 2. The Morgan fingerprint density at radius 2 is 1.81 bits per heavy atom.